The number of aliphatic hydroxyl groups is 1. The van der Waals surface area contributed by atoms with Crippen molar-refractivity contribution >= 4 is 11.6 Å². The van der Waals surface area contributed by atoms with Crippen molar-refractivity contribution in [1.82, 2.24) is 0 Å². The molecule has 21 heavy (non-hydrogen) atoms. The summed E-state index contributed by atoms with van der Waals surface area (Å²) in [5.41, 5.74) is 1.59. The van der Waals surface area contributed by atoms with Gasteiger partial charge in [-0.25, -0.2) is 0 Å². The highest BCUT2D eigenvalue weighted by Crippen LogP contribution is 2.44. The van der Waals surface area contributed by atoms with Crippen LogP contribution in [-0.4, -0.2) is 18.1 Å². The first-order valence-corrected chi connectivity index (χ1v) is 7.16. The Labute approximate surface area is 124 Å². The second kappa shape index (κ2) is 4.71. The average molecular weight is 281 g/mol. The van der Waals surface area contributed by atoms with Crippen molar-refractivity contribution in [3.63, 3.8) is 0 Å². The fourth-order valence-electron chi connectivity index (χ4n) is 2.92. The Morgan fingerprint density at radius 3 is 2.38 bits per heavy atom. The van der Waals surface area contributed by atoms with E-state index >= 15 is 0 Å². The second-order valence-corrected chi connectivity index (χ2v) is 5.87. The molecule has 0 aromatic heterocycles. The number of benzene rings is 2. The topological polar surface area (TPSA) is 40.5 Å². The van der Waals surface area contributed by atoms with Gasteiger partial charge in [0.05, 0.1) is 5.69 Å². The fourth-order valence-corrected chi connectivity index (χ4v) is 2.92. The molecule has 0 aliphatic carbocycles. The van der Waals surface area contributed by atoms with Crippen LogP contribution in [0, 0.1) is 0 Å². The number of carbonyl (C=O) groups is 1. The standard InChI is InChI=1S/C18H19NO2/c1-12(2)13-9-10-16-15(11-13)18(21,17(20)19(16)3)14-7-5-4-6-8-14/h4-12,21H,1-3H3. The number of hydrogen-bond acceptors (Lipinski definition) is 2. The Morgan fingerprint density at radius 1 is 1.10 bits per heavy atom. The van der Waals surface area contributed by atoms with Crippen molar-refractivity contribution in [2.45, 2.75) is 25.4 Å². The molecular weight excluding hydrogens is 262 g/mol. The van der Waals surface area contributed by atoms with Crippen molar-refractivity contribution in [1.29, 1.82) is 0 Å². The highest BCUT2D eigenvalue weighted by molar-refractivity contribution is 6.08. The number of hydrogen-bond donors (Lipinski definition) is 1. The zero-order valence-corrected chi connectivity index (χ0v) is 12.5. The molecule has 1 unspecified atom stereocenters. The van der Waals surface area contributed by atoms with E-state index < -0.39 is 5.60 Å². The van der Waals surface area contributed by atoms with E-state index in [0.29, 0.717) is 17.0 Å². The summed E-state index contributed by atoms with van der Waals surface area (Å²) >= 11 is 0. The summed E-state index contributed by atoms with van der Waals surface area (Å²) < 4.78 is 0. The van der Waals surface area contributed by atoms with Gasteiger partial charge in [0.1, 0.15) is 0 Å². The number of likely N-dealkylation sites (N-methyl/N-ethyl adjacent to an activating group) is 1. The number of amides is 1. The van der Waals surface area contributed by atoms with Crippen LogP contribution in [0.25, 0.3) is 0 Å². The normalized spacial score (nSPS) is 21.0. The Morgan fingerprint density at radius 2 is 1.76 bits per heavy atom. The molecular formula is C18H19NO2. The fraction of sp³-hybridized carbons (Fsp3) is 0.278. The first kappa shape index (κ1) is 13.8. The van der Waals surface area contributed by atoms with Crippen molar-refractivity contribution in [3.8, 4) is 0 Å². The van der Waals surface area contributed by atoms with Crippen LogP contribution in [0.3, 0.4) is 0 Å². The predicted octanol–water partition coefficient (Wildman–Crippen LogP) is 3.02. The quantitative estimate of drug-likeness (QED) is 0.919. The van der Waals surface area contributed by atoms with Crippen LogP contribution in [0.15, 0.2) is 48.5 Å². The highest BCUT2D eigenvalue weighted by Gasteiger charge is 2.49. The third-order valence-corrected chi connectivity index (χ3v) is 4.24. The highest BCUT2D eigenvalue weighted by atomic mass is 16.3. The van der Waals surface area contributed by atoms with Gasteiger partial charge in [-0.1, -0.05) is 50.2 Å². The van der Waals surface area contributed by atoms with E-state index in [0.717, 1.165) is 11.3 Å². The van der Waals surface area contributed by atoms with Gasteiger partial charge < -0.3 is 10.0 Å². The van der Waals surface area contributed by atoms with Gasteiger partial charge in [-0.2, -0.15) is 0 Å². The minimum Gasteiger partial charge on any atom is -0.372 e. The number of nitrogens with zero attached hydrogens (tertiary/aromatic N) is 1. The predicted molar refractivity (Wildman–Crippen MR) is 83.4 cm³/mol. The zero-order valence-electron chi connectivity index (χ0n) is 12.5. The van der Waals surface area contributed by atoms with Crippen LogP contribution in [0.2, 0.25) is 0 Å². The molecule has 1 atom stereocenters. The minimum absolute atomic E-state index is 0.301. The Hall–Kier alpha value is -2.13. The number of rotatable bonds is 2. The molecule has 108 valence electrons. The minimum atomic E-state index is -1.59. The van der Waals surface area contributed by atoms with Crippen LogP contribution in [0.5, 0.6) is 0 Å². The van der Waals surface area contributed by atoms with Gasteiger partial charge in [-0.3, -0.25) is 4.79 Å². The van der Waals surface area contributed by atoms with Gasteiger partial charge in [-0.15, -0.1) is 0 Å². The van der Waals surface area contributed by atoms with Crippen molar-refractivity contribution in [3.05, 3.63) is 65.2 Å². The average Bonchev–Trinajstić information content (AvgIpc) is 2.70. The zero-order chi connectivity index (χ0) is 15.2. The van der Waals surface area contributed by atoms with Crippen LogP contribution in [0.1, 0.15) is 36.5 Å². The second-order valence-electron chi connectivity index (χ2n) is 5.87. The van der Waals surface area contributed by atoms with Gasteiger partial charge >= 0.3 is 0 Å². The third kappa shape index (κ3) is 1.88. The molecule has 1 N–H and O–H groups in total. The lowest BCUT2D eigenvalue weighted by molar-refractivity contribution is -0.131. The third-order valence-electron chi connectivity index (χ3n) is 4.24. The van der Waals surface area contributed by atoms with Gasteiger partial charge in [0.2, 0.25) is 0 Å². The molecule has 1 aliphatic rings. The summed E-state index contributed by atoms with van der Waals surface area (Å²) in [7, 11) is 1.71. The number of anilines is 1. The lowest BCUT2D eigenvalue weighted by atomic mass is 9.85. The summed E-state index contributed by atoms with van der Waals surface area (Å²) in [6.45, 7) is 4.20. The van der Waals surface area contributed by atoms with Crippen molar-refractivity contribution < 1.29 is 9.90 Å². The van der Waals surface area contributed by atoms with E-state index in [2.05, 4.69) is 13.8 Å². The number of carbonyl (C=O) groups excluding carboxylic acids is 1. The summed E-state index contributed by atoms with van der Waals surface area (Å²) in [6.07, 6.45) is 0. The molecule has 2 aromatic rings. The van der Waals surface area contributed by atoms with Gasteiger partial charge in [-0.05, 0) is 29.2 Å². The Balaban J connectivity index is 2.25. The summed E-state index contributed by atoms with van der Waals surface area (Å²) in [5, 5.41) is 11.2. The Kier molecular flexibility index (Phi) is 3.10. The van der Waals surface area contributed by atoms with E-state index in [-0.39, 0.29) is 5.91 Å². The lowest BCUT2D eigenvalue weighted by Crippen LogP contribution is -2.39. The maximum atomic E-state index is 12.6. The van der Waals surface area contributed by atoms with Gasteiger partial charge in [0, 0.05) is 12.6 Å². The van der Waals surface area contributed by atoms with Crippen LogP contribution >= 0.6 is 0 Å². The van der Waals surface area contributed by atoms with E-state index in [4.69, 9.17) is 0 Å². The molecule has 0 fully saturated rings. The van der Waals surface area contributed by atoms with Crippen molar-refractivity contribution in [2.75, 3.05) is 11.9 Å². The first-order chi connectivity index (χ1) is 9.96. The largest absolute Gasteiger partial charge is 0.372 e. The smallest absolute Gasteiger partial charge is 0.268 e. The first-order valence-electron chi connectivity index (χ1n) is 7.16. The molecule has 3 heteroatoms. The van der Waals surface area contributed by atoms with E-state index in [9.17, 15) is 9.90 Å². The van der Waals surface area contributed by atoms with Crippen molar-refractivity contribution in [2.24, 2.45) is 0 Å². The monoisotopic (exact) mass is 281 g/mol. The van der Waals surface area contributed by atoms with E-state index in [1.54, 1.807) is 19.2 Å². The molecule has 0 saturated heterocycles. The maximum Gasteiger partial charge on any atom is 0.268 e. The van der Waals surface area contributed by atoms with Crippen LogP contribution in [-0.2, 0) is 10.4 Å². The lowest BCUT2D eigenvalue weighted by Gasteiger charge is -2.22. The van der Waals surface area contributed by atoms with Gasteiger partial charge in [0.15, 0.2) is 5.60 Å². The summed E-state index contributed by atoms with van der Waals surface area (Å²) in [5.74, 6) is 0.0425. The van der Waals surface area contributed by atoms with Crippen LogP contribution < -0.4 is 4.90 Å². The van der Waals surface area contributed by atoms with E-state index in [1.165, 1.54) is 4.90 Å². The molecule has 0 bridgehead atoms. The summed E-state index contributed by atoms with van der Waals surface area (Å²) in [6, 6.07) is 15.0. The Bertz CT molecular complexity index is 694. The molecule has 0 spiro atoms. The molecule has 1 amide bonds. The van der Waals surface area contributed by atoms with Crippen LogP contribution in [0.4, 0.5) is 5.69 Å². The SMILES string of the molecule is CC(C)c1ccc2c(c1)C(O)(c1ccccc1)C(=O)N2C. The molecule has 2 aromatic carbocycles. The molecule has 0 radical (unpaired) electrons. The molecule has 1 heterocycles. The molecule has 1 aliphatic heterocycles. The number of fused-ring (bicyclic) bond motifs is 1. The molecule has 3 nitrogen and oxygen atoms in total. The van der Waals surface area contributed by atoms with E-state index in [1.807, 2.05) is 36.4 Å². The maximum absolute atomic E-state index is 12.6. The molecule has 3 rings (SSSR count). The van der Waals surface area contributed by atoms with Gasteiger partial charge in [0.25, 0.3) is 5.91 Å². The summed E-state index contributed by atoms with van der Waals surface area (Å²) in [4.78, 5) is 14.2. The molecule has 0 saturated carbocycles.